The molecule has 0 amide bonds. The summed E-state index contributed by atoms with van der Waals surface area (Å²) in [5, 5.41) is 4.23. The number of aromatic nitrogens is 2. The molecule has 1 unspecified atom stereocenters. The summed E-state index contributed by atoms with van der Waals surface area (Å²) in [6, 6.07) is 9.48. The molecule has 2 heterocycles. The van der Waals surface area contributed by atoms with Gasteiger partial charge in [0.15, 0.2) is 5.03 Å². The largest absolute Gasteiger partial charge is 0.305 e. The van der Waals surface area contributed by atoms with Gasteiger partial charge in [0.1, 0.15) is 0 Å². The average molecular weight is 334 g/mol. The van der Waals surface area contributed by atoms with Crippen molar-refractivity contribution in [2.45, 2.75) is 23.9 Å². The summed E-state index contributed by atoms with van der Waals surface area (Å²) in [6.45, 7) is 0.442. The van der Waals surface area contributed by atoms with Crippen LogP contribution in [0.3, 0.4) is 0 Å². The van der Waals surface area contributed by atoms with Crippen molar-refractivity contribution in [3.05, 3.63) is 42.1 Å². The van der Waals surface area contributed by atoms with Crippen molar-refractivity contribution in [3.8, 4) is 0 Å². The molecule has 0 radical (unpaired) electrons. The van der Waals surface area contributed by atoms with Gasteiger partial charge in [0.05, 0.1) is 18.4 Å². The van der Waals surface area contributed by atoms with Crippen molar-refractivity contribution in [3.63, 3.8) is 0 Å². The molecule has 0 N–H and O–H groups in total. The van der Waals surface area contributed by atoms with Crippen LogP contribution >= 0.6 is 0 Å². The number of anilines is 1. The van der Waals surface area contributed by atoms with Gasteiger partial charge in [0.25, 0.3) is 10.0 Å². The number of nitrogens with zero attached hydrogens (tertiary/aromatic N) is 4. The van der Waals surface area contributed by atoms with Crippen molar-refractivity contribution in [1.82, 2.24) is 14.7 Å². The van der Waals surface area contributed by atoms with Gasteiger partial charge in [-0.1, -0.05) is 18.2 Å². The molecule has 7 heteroatoms. The van der Waals surface area contributed by atoms with Crippen molar-refractivity contribution in [2.75, 3.05) is 24.9 Å². The number of hydrogen-bond donors (Lipinski definition) is 0. The van der Waals surface area contributed by atoms with Crippen molar-refractivity contribution in [2.24, 2.45) is 7.05 Å². The molecule has 3 rings (SSSR count). The Bertz CT molecular complexity index is 798. The Kier molecular flexibility index (Phi) is 4.16. The monoisotopic (exact) mass is 334 g/mol. The van der Waals surface area contributed by atoms with Crippen molar-refractivity contribution < 1.29 is 8.42 Å². The number of fused-ring (bicyclic) bond motifs is 1. The molecular formula is C16H22N4O2S. The fourth-order valence-corrected chi connectivity index (χ4v) is 4.69. The second-order valence-corrected chi connectivity index (χ2v) is 7.92. The molecule has 0 fully saturated rings. The van der Waals surface area contributed by atoms with Crippen LogP contribution in [0.2, 0.25) is 0 Å². The number of para-hydroxylation sites is 1. The summed E-state index contributed by atoms with van der Waals surface area (Å²) >= 11 is 0. The zero-order valence-corrected chi connectivity index (χ0v) is 14.5. The van der Waals surface area contributed by atoms with E-state index in [1.54, 1.807) is 13.1 Å². The summed E-state index contributed by atoms with van der Waals surface area (Å²) in [6.07, 6.45) is 3.32. The van der Waals surface area contributed by atoms with Crippen molar-refractivity contribution in [1.29, 1.82) is 0 Å². The third-order valence-corrected chi connectivity index (χ3v) is 6.30. The van der Waals surface area contributed by atoms with E-state index >= 15 is 0 Å². The third kappa shape index (κ3) is 2.86. The van der Waals surface area contributed by atoms with Crippen LogP contribution in [0.4, 0.5) is 5.69 Å². The minimum absolute atomic E-state index is 0.172. The molecule has 23 heavy (non-hydrogen) atoms. The van der Waals surface area contributed by atoms with Crippen LogP contribution in [0.25, 0.3) is 0 Å². The van der Waals surface area contributed by atoms with Gasteiger partial charge in [-0.2, -0.15) is 13.5 Å². The maximum absolute atomic E-state index is 13.2. The van der Waals surface area contributed by atoms with E-state index < -0.39 is 10.0 Å². The number of aryl methyl sites for hydroxylation is 2. The standard InChI is InChI=1S/C16H22N4O2S/c1-18(2)14-9-8-13-6-4-5-7-15(13)20(12-14)23(21,22)16-10-11-17-19(16)3/h4-7,10-11,14H,8-9,12H2,1-3H3. The molecule has 0 saturated carbocycles. The molecular weight excluding hydrogens is 312 g/mol. The fraction of sp³-hybridized carbons (Fsp3) is 0.438. The molecule has 1 aromatic heterocycles. The second-order valence-electron chi connectivity index (χ2n) is 6.11. The lowest BCUT2D eigenvalue weighted by Crippen LogP contribution is -2.43. The molecule has 0 saturated heterocycles. The van der Waals surface area contributed by atoms with E-state index in [0.29, 0.717) is 6.54 Å². The van der Waals surface area contributed by atoms with Crippen LogP contribution in [0, 0.1) is 0 Å². The summed E-state index contributed by atoms with van der Waals surface area (Å²) in [7, 11) is 2.00. The van der Waals surface area contributed by atoms with Crippen molar-refractivity contribution >= 4 is 15.7 Å². The lowest BCUT2D eigenvalue weighted by atomic mass is 10.1. The van der Waals surface area contributed by atoms with Gasteiger partial charge in [0.2, 0.25) is 0 Å². The first-order valence-electron chi connectivity index (χ1n) is 7.66. The van der Waals surface area contributed by atoms with Crippen LogP contribution in [0.15, 0.2) is 41.6 Å². The number of sulfonamides is 1. The first kappa shape index (κ1) is 16.0. The van der Waals surface area contributed by atoms with Crippen LogP contribution in [-0.4, -0.2) is 49.8 Å². The topological polar surface area (TPSA) is 58.4 Å². The van der Waals surface area contributed by atoms with E-state index in [-0.39, 0.29) is 11.1 Å². The molecule has 2 aromatic rings. The quantitative estimate of drug-likeness (QED) is 0.853. The highest BCUT2D eigenvalue weighted by molar-refractivity contribution is 7.92. The maximum atomic E-state index is 13.2. The van der Waals surface area contributed by atoms with Gasteiger partial charge in [-0.3, -0.25) is 8.99 Å². The van der Waals surface area contributed by atoms with Gasteiger partial charge < -0.3 is 4.90 Å². The molecule has 1 aliphatic rings. The van der Waals surface area contributed by atoms with E-state index in [2.05, 4.69) is 10.00 Å². The van der Waals surface area contributed by atoms with E-state index in [9.17, 15) is 8.42 Å². The van der Waals surface area contributed by atoms with E-state index in [4.69, 9.17) is 0 Å². The van der Waals surface area contributed by atoms with Crippen LogP contribution in [0.1, 0.15) is 12.0 Å². The maximum Gasteiger partial charge on any atom is 0.281 e. The van der Waals surface area contributed by atoms with E-state index in [1.807, 2.05) is 38.4 Å². The third-order valence-electron chi connectivity index (χ3n) is 4.44. The Morgan fingerprint density at radius 3 is 2.61 bits per heavy atom. The highest BCUT2D eigenvalue weighted by Crippen LogP contribution is 2.31. The molecule has 1 aliphatic heterocycles. The van der Waals surface area contributed by atoms with Crippen LogP contribution in [0.5, 0.6) is 0 Å². The molecule has 0 aliphatic carbocycles. The fourth-order valence-electron chi connectivity index (χ4n) is 3.05. The zero-order valence-electron chi connectivity index (χ0n) is 13.7. The SMILES string of the molecule is CN(C)C1CCc2ccccc2N(S(=O)(=O)c2ccnn2C)C1. The van der Waals surface area contributed by atoms with Crippen LogP contribution in [-0.2, 0) is 23.5 Å². The van der Waals surface area contributed by atoms with Gasteiger partial charge in [0, 0.05) is 13.1 Å². The molecule has 0 bridgehead atoms. The molecule has 1 atom stereocenters. The predicted molar refractivity (Wildman–Crippen MR) is 90.0 cm³/mol. The lowest BCUT2D eigenvalue weighted by Gasteiger charge is -2.30. The average Bonchev–Trinajstić information content (AvgIpc) is 2.84. The number of benzene rings is 1. The minimum atomic E-state index is -3.65. The van der Waals surface area contributed by atoms with Gasteiger partial charge in [-0.25, -0.2) is 0 Å². The van der Waals surface area contributed by atoms with Gasteiger partial charge in [-0.05, 0) is 44.6 Å². The van der Waals surface area contributed by atoms with Gasteiger partial charge >= 0.3 is 0 Å². The number of likely N-dealkylation sites (N-methyl/N-ethyl adjacent to an activating group) is 1. The molecule has 1 aromatic carbocycles. The number of hydrogen-bond acceptors (Lipinski definition) is 4. The Morgan fingerprint density at radius 2 is 1.96 bits per heavy atom. The molecule has 124 valence electrons. The normalized spacial score (nSPS) is 18.8. The summed E-state index contributed by atoms with van der Waals surface area (Å²) in [5.41, 5.74) is 1.85. The van der Waals surface area contributed by atoms with E-state index in [1.165, 1.54) is 15.2 Å². The smallest absolute Gasteiger partial charge is 0.281 e. The zero-order chi connectivity index (χ0) is 16.6. The Balaban J connectivity index is 2.12. The summed E-state index contributed by atoms with van der Waals surface area (Å²) in [4.78, 5) is 2.09. The van der Waals surface area contributed by atoms with Crippen LogP contribution < -0.4 is 4.31 Å². The Labute approximate surface area is 137 Å². The summed E-state index contributed by atoms with van der Waals surface area (Å²) < 4.78 is 29.3. The number of rotatable bonds is 3. The van der Waals surface area contributed by atoms with Gasteiger partial charge in [-0.15, -0.1) is 0 Å². The Hall–Kier alpha value is -1.86. The van der Waals surface area contributed by atoms with E-state index in [0.717, 1.165) is 24.1 Å². The highest BCUT2D eigenvalue weighted by atomic mass is 32.2. The Morgan fingerprint density at radius 1 is 1.22 bits per heavy atom. The first-order chi connectivity index (χ1) is 10.9. The highest BCUT2D eigenvalue weighted by Gasteiger charge is 2.33. The summed E-state index contributed by atoms with van der Waals surface area (Å²) in [5.74, 6) is 0. The molecule has 6 nitrogen and oxygen atoms in total. The second kappa shape index (κ2) is 5.98. The lowest BCUT2D eigenvalue weighted by molar-refractivity contribution is 0.288. The molecule has 0 spiro atoms. The first-order valence-corrected chi connectivity index (χ1v) is 9.10. The predicted octanol–water partition coefficient (Wildman–Crippen LogP) is 1.49. The minimum Gasteiger partial charge on any atom is -0.305 e.